The topological polar surface area (TPSA) is 96.7 Å². The summed E-state index contributed by atoms with van der Waals surface area (Å²) in [7, 11) is 1.85. The van der Waals surface area contributed by atoms with E-state index in [-0.39, 0.29) is 24.6 Å². The highest BCUT2D eigenvalue weighted by atomic mass is 32.2. The second-order valence-corrected chi connectivity index (χ2v) is 7.96. The first-order chi connectivity index (χ1) is 15.2. The largest absolute Gasteiger partial charge is 0.485 e. The van der Waals surface area contributed by atoms with Gasteiger partial charge in [0.05, 0.1) is 5.75 Å². The molecule has 1 atom stereocenters. The summed E-state index contributed by atoms with van der Waals surface area (Å²) in [5, 5.41) is 12.0. The lowest BCUT2D eigenvalue weighted by molar-refractivity contribution is -0.118. The number of benzene rings is 2. The fourth-order valence-corrected chi connectivity index (χ4v) is 4.06. The minimum Gasteiger partial charge on any atom is -0.485 e. The summed E-state index contributed by atoms with van der Waals surface area (Å²) < 4.78 is 24.2. The Kier molecular flexibility index (Phi) is 5.29. The fraction of sp³-hybridized carbons (Fsp3) is 0.286. The van der Waals surface area contributed by atoms with Crippen molar-refractivity contribution < 1.29 is 23.7 Å². The lowest BCUT2D eigenvalue weighted by Crippen LogP contribution is -2.25. The Morgan fingerprint density at radius 2 is 1.90 bits per heavy atom. The van der Waals surface area contributed by atoms with E-state index in [0.29, 0.717) is 35.6 Å². The number of hydrogen-bond donors (Lipinski definition) is 1. The zero-order valence-electron chi connectivity index (χ0n) is 16.7. The molecule has 2 aromatic carbocycles. The van der Waals surface area contributed by atoms with Crippen LogP contribution in [0.4, 0.5) is 0 Å². The molecule has 0 aliphatic carbocycles. The Morgan fingerprint density at radius 3 is 2.81 bits per heavy atom. The van der Waals surface area contributed by atoms with E-state index in [9.17, 15) is 4.79 Å². The number of ether oxygens (including phenoxy) is 4. The van der Waals surface area contributed by atoms with Crippen LogP contribution in [0.5, 0.6) is 23.0 Å². The fourth-order valence-electron chi connectivity index (χ4n) is 3.31. The lowest BCUT2D eigenvalue weighted by Gasteiger charge is -2.25. The number of nitrogens with zero attached hydrogens (tertiary/aromatic N) is 3. The van der Waals surface area contributed by atoms with Crippen molar-refractivity contribution in [2.24, 2.45) is 7.05 Å². The molecular weight excluding hydrogens is 420 g/mol. The van der Waals surface area contributed by atoms with Crippen LogP contribution >= 0.6 is 11.8 Å². The average Bonchev–Trinajstić information content (AvgIpc) is 3.42. The van der Waals surface area contributed by atoms with Gasteiger partial charge in [-0.3, -0.25) is 4.79 Å². The van der Waals surface area contributed by atoms with Gasteiger partial charge in [0.1, 0.15) is 6.61 Å². The number of para-hydroxylation sites is 2. The number of carbonyl (C=O) groups is 1. The molecule has 0 saturated carbocycles. The summed E-state index contributed by atoms with van der Waals surface area (Å²) >= 11 is 1.32. The van der Waals surface area contributed by atoms with Gasteiger partial charge in [0.2, 0.25) is 12.7 Å². The van der Waals surface area contributed by atoms with Crippen LogP contribution in [0.3, 0.4) is 0 Å². The molecule has 0 bridgehead atoms. The van der Waals surface area contributed by atoms with E-state index in [1.54, 1.807) is 0 Å². The maximum Gasteiger partial charge on any atom is 0.231 e. The predicted octanol–water partition coefficient (Wildman–Crippen LogP) is 2.46. The van der Waals surface area contributed by atoms with Gasteiger partial charge < -0.3 is 28.8 Å². The molecule has 2 aliphatic rings. The number of rotatable bonds is 6. The molecule has 0 radical (unpaired) electrons. The summed E-state index contributed by atoms with van der Waals surface area (Å²) in [5.74, 6) is 3.59. The molecule has 3 heterocycles. The molecule has 0 fully saturated rings. The number of carbonyl (C=O) groups excluding carboxylic acids is 1. The highest BCUT2D eigenvalue weighted by molar-refractivity contribution is 7.99. The normalized spacial score (nSPS) is 16.2. The Bertz CT molecular complexity index is 1120. The molecular formula is C21H20N4O5S. The number of nitrogens with one attached hydrogen (secondary N) is 1. The van der Waals surface area contributed by atoms with Crippen LogP contribution in [-0.4, -0.2) is 39.8 Å². The number of fused-ring (bicyclic) bond motifs is 2. The van der Waals surface area contributed by atoms with Crippen LogP contribution in [0.1, 0.15) is 17.5 Å². The van der Waals surface area contributed by atoms with E-state index in [1.165, 1.54) is 11.8 Å². The molecule has 3 aromatic rings. The van der Waals surface area contributed by atoms with Crippen molar-refractivity contribution in [2.75, 3.05) is 19.2 Å². The Labute approximate surface area is 182 Å². The van der Waals surface area contributed by atoms with Gasteiger partial charge >= 0.3 is 0 Å². The average molecular weight is 440 g/mol. The third-order valence-corrected chi connectivity index (χ3v) is 5.94. The monoisotopic (exact) mass is 440 g/mol. The van der Waals surface area contributed by atoms with Gasteiger partial charge in [-0.05, 0) is 29.8 Å². The summed E-state index contributed by atoms with van der Waals surface area (Å²) in [6, 6.07) is 13.1. The number of thioether (sulfide) groups is 1. The van der Waals surface area contributed by atoms with Crippen molar-refractivity contribution in [3.8, 4) is 23.0 Å². The van der Waals surface area contributed by atoms with E-state index < -0.39 is 0 Å². The van der Waals surface area contributed by atoms with E-state index in [0.717, 1.165) is 17.1 Å². The van der Waals surface area contributed by atoms with Crippen LogP contribution in [-0.2, 0) is 18.4 Å². The van der Waals surface area contributed by atoms with Crippen molar-refractivity contribution in [3.63, 3.8) is 0 Å². The predicted molar refractivity (Wildman–Crippen MR) is 111 cm³/mol. The Morgan fingerprint density at radius 1 is 1.10 bits per heavy atom. The maximum absolute atomic E-state index is 12.3. The highest BCUT2D eigenvalue weighted by Gasteiger charge is 2.27. The molecule has 1 amide bonds. The van der Waals surface area contributed by atoms with Crippen LogP contribution in [0.25, 0.3) is 0 Å². The van der Waals surface area contributed by atoms with Crippen LogP contribution in [0, 0.1) is 0 Å². The van der Waals surface area contributed by atoms with Gasteiger partial charge in [0, 0.05) is 13.6 Å². The van der Waals surface area contributed by atoms with Crippen molar-refractivity contribution in [1.29, 1.82) is 0 Å². The third-order valence-electron chi connectivity index (χ3n) is 4.92. The van der Waals surface area contributed by atoms with Crippen LogP contribution < -0.4 is 24.3 Å². The van der Waals surface area contributed by atoms with E-state index >= 15 is 0 Å². The van der Waals surface area contributed by atoms with Gasteiger partial charge in [-0.1, -0.05) is 30.0 Å². The highest BCUT2D eigenvalue weighted by Crippen LogP contribution is 2.36. The third kappa shape index (κ3) is 4.11. The molecule has 2 aliphatic heterocycles. The standard InChI is InChI=1S/C21H20N4O5S/c1-25-20(18-10-27-14-4-2-3-5-16(14)30-18)23-24-21(25)31-11-19(26)22-9-13-6-7-15-17(8-13)29-12-28-15/h2-8,18H,9-12H2,1H3,(H,22,26)/t18-/m0/s1. The molecule has 0 unspecified atom stereocenters. The number of aromatic nitrogens is 3. The number of hydrogen-bond acceptors (Lipinski definition) is 8. The minimum atomic E-state index is -0.360. The quantitative estimate of drug-likeness (QED) is 0.584. The summed E-state index contributed by atoms with van der Waals surface area (Å²) in [5.41, 5.74) is 0.943. The number of amides is 1. The van der Waals surface area contributed by atoms with Crippen LogP contribution in [0.15, 0.2) is 47.6 Å². The molecule has 9 nitrogen and oxygen atoms in total. The molecule has 0 spiro atoms. The second-order valence-electron chi connectivity index (χ2n) is 7.02. The zero-order chi connectivity index (χ0) is 21.2. The molecule has 1 N–H and O–H groups in total. The SMILES string of the molecule is Cn1c(SCC(=O)NCc2ccc3c(c2)OCO3)nnc1[C@@H]1COc2ccccc2O1. The van der Waals surface area contributed by atoms with E-state index in [4.69, 9.17) is 18.9 Å². The molecule has 1 aromatic heterocycles. The van der Waals surface area contributed by atoms with Gasteiger partial charge in [0.15, 0.2) is 40.1 Å². The zero-order valence-corrected chi connectivity index (χ0v) is 17.6. The van der Waals surface area contributed by atoms with Crippen molar-refractivity contribution in [1.82, 2.24) is 20.1 Å². The maximum atomic E-state index is 12.3. The van der Waals surface area contributed by atoms with Gasteiger partial charge in [0.25, 0.3) is 0 Å². The van der Waals surface area contributed by atoms with Gasteiger partial charge in [-0.2, -0.15) is 0 Å². The van der Waals surface area contributed by atoms with Gasteiger partial charge in [-0.15, -0.1) is 10.2 Å². The first-order valence-electron chi connectivity index (χ1n) is 9.73. The smallest absolute Gasteiger partial charge is 0.231 e. The summed E-state index contributed by atoms with van der Waals surface area (Å²) in [6.07, 6.45) is -0.360. The molecule has 31 heavy (non-hydrogen) atoms. The molecule has 160 valence electrons. The molecule has 5 rings (SSSR count). The van der Waals surface area contributed by atoms with Crippen molar-refractivity contribution in [3.05, 3.63) is 53.9 Å². The molecule has 0 saturated heterocycles. The van der Waals surface area contributed by atoms with Gasteiger partial charge in [-0.25, -0.2) is 0 Å². The summed E-state index contributed by atoms with van der Waals surface area (Å²) in [4.78, 5) is 12.3. The molecule has 10 heteroatoms. The summed E-state index contributed by atoms with van der Waals surface area (Å²) in [6.45, 7) is 0.989. The van der Waals surface area contributed by atoms with Crippen molar-refractivity contribution >= 4 is 17.7 Å². The van der Waals surface area contributed by atoms with Crippen molar-refractivity contribution in [2.45, 2.75) is 17.8 Å². The lowest BCUT2D eigenvalue weighted by atomic mass is 10.2. The first kappa shape index (κ1) is 19.6. The first-order valence-corrected chi connectivity index (χ1v) is 10.7. The van der Waals surface area contributed by atoms with E-state index in [2.05, 4.69) is 15.5 Å². The Balaban J connectivity index is 1.15. The minimum absolute atomic E-state index is 0.0987. The van der Waals surface area contributed by atoms with E-state index in [1.807, 2.05) is 54.1 Å². The second kappa shape index (κ2) is 8.38. The Hall–Kier alpha value is -3.40. The van der Waals surface area contributed by atoms with Crippen LogP contribution in [0.2, 0.25) is 0 Å².